The number of isocyanates is 1. The van der Waals surface area contributed by atoms with Crippen LogP contribution in [0.3, 0.4) is 0 Å². The number of unbranched alkanes of at least 4 members (excludes halogenated alkanes) is 1. The van der Waals surface area contributed by atoms with Crippen molar-refractivity contribution < 1.29 is 4.79 Å². The molecular formula is C6H7NO. The molecule has 0 aromatic heterocycles. The Bertz CT molecular complexity index is 128. The van der Waals surface area contributed by atoms with Crippen molar-refractivity contribution in [3.63, 3.8) is 0 Å². The summed E-state index contributed by atoms with van der Waals surface area (Å²) in [4.78, 5) is 12.7. The average molecular weight is 109 g/mol. The van der Waals surface area contributed by atoms with Crippen molar-refractivity contribution >= 4 is 6.08 Å². The molecule has 2 heteroatoms. The Kier molecular flexibility index (Phi) is 5.15. The van der Waals surface area contributed by atoms with E-state index in [1.54, 1.807) is 0 Å². The van der Waals surface area contributed by atoms with Crippen LogP contribution >= 0.6 is 0 Å². The van der Waals surface area contributed by atoms with E-state index < -0.39 is 0 Å². The molecule has 0 bridgehead atoms. The maximum Gasteiger partial charge on any atom is 0.234 e. The first-order chi connectivity index (χ1) is 3.91. The third kappa shape index (κ3) is 4.94. The highest BCUT2D eigenvalue weighted by molar-refractivity contribution is 5.32. The van der Waals surface area contributed by atoms with Gasteiger partial charge in [0, 0.05) is 6.42 Å². The fourth-order valence-corrected chi connectivity index (χ4v) is 0.306. The molecule has 0 N–H and O–H groups in total. The van der Waals surface area contributed by atoms with E-state index in [-0.39, 0.29) is 0 Å². The van der Waals surface area contributed by atoms with Gasteiger partial charge in [-0.15, -0.1) is 12.3 Å². The average Bonchev–Trinajstić information content (AvgIpc) is 1.81. The fraction of sp³-hybridized carbons (Fsp3) is 0.500. The van der Waals surface area contributed by atoms with Gasteiger partial charge in [0.1, 0.15) is 0 Å². The van der Waals surface area contributed by atoms with E-state index in [0.717, 1.165) is 6.42 Å². The molecule has 0 radical (unpaired) electrons. The lowest BCUT2D eigenvalue weighted by atomic mass is 10.3. The zero-order valence-corrected chi connectivity index (χ0v) is 4.55. The first-order valence-corrected chi connectivity index (χ1v) is 2.39. The molecule has 2 nitrogen and oxygen atoms in total. The van der Waals surface area contributed by atoms with Gasteiger partial charge in [-0.2, -0.15) is 0 Å². The van der Waals surface area contributed by atoms with Crippen LogP contribution in [0.2, 0.25) is 0 Å². The maximum absolute atomic E-state index is 9.42. The molecule has 0 amide bonds. The summed E-state index contributed by atoms with van der Waals surface area (Å²) in [6.45, 7) is 0.508. The fourth-order valence-electron chi connectivity index (χ4n) is 0.306. The summed E-state index contributed by atoms with van der Waals surface area (Å²) in [6, 6.07) is 0. The summed E-state index contributed by atoms with van der Waals surface area (Å²) in [5.74, 6) is 2.44. The first-order valence-electron chi connectivity index (χ1n) is 2.39. The highest BCUT2D eigenvalue weighted by Gasteiger charge is 1.77. The Morgan fingerprint density at radius 1 is 1.62 bits per heavy atom. The van der Waals surface area contributed by atoms with Crippen molar-refractivity contribution in [2.45, 2.75) is 12.8 Å². The molecule has 0 heterocycles. The van der Waals surface area contributed by atoms with Gasteiger partial charge in [0.05, 0.1) is 6.54 Å². The predicted molar refractivity (Wildman–Crippen MR) is 31.1 cm³/mol. The summed E-state index contributed by atoms with van der Waals surface area (Å²) in [6.07, 6.45) is 7.82. The van der Waals surface area contributed by atoms with Crippen molar-refractivity contribution in [1.82, 2.24) is 0 Å². The van der Waals surface area contributed by atoms with Crippen LogP contribution in [-0.4, -0.2) is 12.6 Å². The molecule has 0 fully saturated rings. The Morgan fingerprint density at radius 2 is 2.38 bits per heavy atom. The smallest absolute Gasteiger partial charge is 0.211 e. The number of carbonyl (C=O) groups excluding carboxylic acids is 1. The quantitative estimate of drug-likeness (QED) is 0.227. The van der Waals surface area contributed by atoms with Gasteiger partial charge in [-0.3, -0.25) is 0 Å². The number of aliphatic imine (C=N–C) groups is 1. The van der Waals surface area contributed by atoms with Crippen LogP contribution in [0.4, 0.5) is 0 Å². The van der Waals surface area contributed by atoms with Gasteiger partial charge in [0.25, 0.3) is 0 Å². The molecule has 0 aliphatic rings. The first kappa shape index (κ1) is 6.94. The SMILES string of the molecule is C#CCCCN=C=O. The minimum Gasteiger partial charge on any atom is -0.211 e. The lowest BCUT2D eigenvalue weighted by Crippen LogP contribution is -1.76. The lowest BCUT2D eigenvalue weighted by Gasteiger charge is -1.80. The van der Waals surface area contributed by atoms with Crippen LogP contribution in [-0.2, 0) is 4.79 Å². The van der Waals surface area contributed by atoms with E-state index in [2.05, 4.69) is 10.9 Å². The topological polar surface area (TPSA) is 29.4 Å². The third-order valence-corrected chi connectivity index (χ3v) is 0.656. The standard InChI is InChI=1S/C6H7NO/c1-2-3-4-5-7-6-8/h1H,3-5H2. The van der Waals surface area contributed by atoms with Gasteiger partial charge >= 0.3 is 0 Å². The molecular weight excluding hydrogens is 102 g/mol. The zero-order chi connectivity index (χ0) is 6.24. The molecule has 0 aromatic carbocycles. The minimum atomic E-state index is 0.508. The van der Waals surface area contributed by atoms with E-state index >= 15 is 0 Å². The summed E-state index contributed by atoms with van der Waals surface area (Å²) >= 11 is 0. The minimum absolute atomic E-state index is 0.508. The second-order valence-electron chi connectivity index (χ2n) is 1.28. The molecule has 8 heavy (non-hydrogen) atoms. The van der Waals surface area contributed by atoms with Gasteiger partial charge in [0.2, 0.25) is 6.08 Å². The largest absolute Gasteiger partial charge is 0.234 e. The Balaban J connectivity index is 2.96. The van der Waals surface area contributed by atoms with E-state index in [9.17, 15) is 4.79 Å². The van der Waals surface area contributed by atoms with E-state index in [1.807, 2.05) is 0 Å². The van der Waals surface area contributed by atoms with Gasteiger partial charge in [-0.1, -0.05) is 0 Å². The van der Waals surface area contributed by atoms with Gasteiger partial charge in [0.15, 0.2) is 0 Å². The highest BCUT2D eigenvalue weighted by atomic mass is 16.1. The molecule has 0 rings (SSSR count). The maximum atomic E-state index is 9.42. The molecule has 0 aromatic rings. The van der Waals surface area contributed by atoms with Crippen LogP contribution < -0.4 is 0 Å². The Labute approximate surface area is 48.6 Å². The molecule has 0 atom stereocenters. The number of nitrogens with zero attached hydrogens (tertiary/aromatic N) is 1. The van der Waals surface area contributed by atoms with Crippen LogP contribution in [0.15, 0.2) is 4.99 Å². The van der Waals surface area contributed by atoms with Crippen molar-refractivity contribution in [3.05, 3.63) is 0 Å². The van der Waals surface area contributed by atoms with Crippen molar-refractivity contribution in [3.8, 4) is 12.3 Å². The zero-order valence-electron chi connectivity index (χ0n) is 4.55. The van der Waals surface area contributed by atoms with Crippen LogP contribution in [0.25, 0.3) is 0 Å². The Morgan fingerprint density at radius 3 is 2.88 bits per heavy atom. The summed E-state index contributed by atoms with van der Waals surface area (Å²) < 4.78 is 0. The lowest BCUT2D eigenvalue weighted by molar-refractivity contribution is 0.562. The highest BCUT2D eigenvalue weighted by Crippen LogP contribution is 1.84. The second kappa shape index (κ2) is 5.94. The molecule has 0 spiro atoms. The molecule has 0 aliphatic carbocycles. The number of hydrogen-bond acceptors (Lipinski definition) is 2. The van der Waals surface area contributed by atoms with E-state index in [4.69, 9.17) is 6.42 Å². The molecule has 42 valence electrons. The summed E-state index contributed by atoms with van der Waals surface area (Å²) in [7, 11) is 0. The van der Waals surface area contributed by atoms with Crippen molar-refractivity contribution in [1.29, 1.82) is 0 Å². The summed E-state index contributed by atoms with van der Waals surface area (Å²) in [5, 5.41) is 0. The van der Waals surface area contributed by atoms with E-state index in [0.29, 0.717) is 13.0 Å². The molecule has 0 aliphatic heterocycles. The number of terminal acetylenes is 1. The van der Waals surface area contributed by atoms with Gasteiger partial charge in [-0.05, 0) is 6.42 Å². The number of hydrogen-bond donors (Lipinski definition) is 0. The normalized spacial score (nSPS) is 6.88. The monoisotopic (exact) mass is 109 g/mol. The summed E-state index contributed by atoms with van der Waals surface area (Å²) in [5.41, 5.74) is 0. The van der Waals surface area contributed by atoms with Crippen LogP contribution in [0, 0.1) is 12.3 Å². The molecule has 0 saturated carbocycles. The second-order valence-corrected chi connectivity index (χ2v) is 1.28. The van der Waals surface area contributed by atoms with Crippen LogP contribution in [0.1, 0.15) is 12.8 Å². The van der Waals surface area contributed by atoms with Gasteiger partial charge in [-0.25, -0.2) is 9.79 Å². The molecule has 0 unspecified atom stereocenters. The van der Waals surface area contributed by atoms with Crippen LogP contribution in [0.5, 0.6) is 0 Å². The van der Waals surface area contributed by atoms with Crippen molar-refractivity contribution in [2.24, 2.45) is 4.99 Å². The van der Waals surface area contributed by atoms with Crippen molar-refractivity contribution in [2.75, 3.05) is 6.54 Å². The predicted octanol–water partition coefficient (Wildman–Crippen LogP) is 0.736. The van der Waals surface area contributed by atoms with Gasteiger partial charge < -0.3 is 0 Å². The Hall–Kier alpha value is -1.06. The number of rotatable bonds is 3. The third-order valence-electron chi connectivity index (χ3n) is 0.656. The molecule has 0 saturated heterocycles. The van der Waals surface area contributed by atoms with E-state index in [1.165, 1.54) is 6.08 Å².